The maximum absolute atomic E-state index is 13.0. The molecule has 3 nitrogen and oxygen atoms in total. The number of nitrogens with one attached hydrogen (secondary N) is 1. The van der Waals surface area contributed by atoms with Crippen LogP contribution in [0.25, 0.3) is 0 Å². The fourth-order valence-corrected chi connectivity index (χ4v) is 2.19. The van der Waals surface area contributed by atoms with Gasteiger partial charge in [0.1, 0.15) is 5.82 Å². The second-order valence-corrected chi connectivity index (χ2v) is 4.97. The van der Waals surface area contributed by atoms with Gasteiger partial charge in [-0.2, -0.15) is 0 Å². The van der Waals surface area contributed by atoms with E-state index in [0.29, 0.717) is 23.1 Å². The van der Waals surface area contributed by atoms with E-state index < -0.39 is 5.82 Å². The number of hydrogen-bond acceptors (Lipinski definition) is 2. The summed E-state index contributed by atoms with van der Waals surface area (Å²) in [7, 11) is 3.40. The number of carbonyl (C=O) groups excluding carboxylic acids is 1. The Morgan fingerprint density at radius 2 is 2.18 bits per heavy atom. The average Bonchev–Trinajstić information content (AvgIpc) is 2.21. The smallest absolute Gasteiger partial charge is 0.223 e. The maximum Gasteiger partial charge on any atom is 0.223 e. The van der Waals surface area contributed by atoms with Gasteiger partial charge in [-0.3, -0.25) is 4.79 Å². The van der Waals surface area contributed by atoms with Crippen molar-refractivity contribution in [1.29, 1.82) is 0 Å². The number of halogens is 3. The molecule has 0 aliphatic carbocycles. The lowest BCUT2D eigenvalue weighted by atomic mass is 10.3. The summed E-state index contributed by atoms with van der Waals surface area (Å²) in [6, 6.07) is 2.55. The molecule has 1 N–H and O–H groups in total. The highest BCUT2D eigenvalue weighted by Crippen LogP contribution is 2.31. The van der Waals surface area contributed by atoms with Gasteiger partial charge in [-0.05, 0) is 28.1 Å². The first-order valence-corrected chi connectivity index (χ1v) is 6.17. The molecule has 1 rings (SSSR count). The van der Waals surface area contributed by atoms with E-state index in [0.717, 1.165) is 0 Å². The number of anilines is 1. The van der Waals surface area contributed by atoms with Crippen molar-refractivity contribution in [2.45, 2.75) is 6.42 Å². The van der Waals surface area contributed by atoms with E-state index >= 15 is 0 Å². The monoisotopic (exact) mass is 322 g/mol. The molecule has 0 spiro atoms. The molecule has 1 aromatic rings. The van der Waals surface area contributed by atoms with Crippen LogP contribution in [0.3, 0.4) is 0 Å². The third-order valence-corrected chi connectivity index (χ3v) is 3.07. The Morgan fingerprint density at radius 1 is 1.53 bits per heavy atom. The normalized spacial score (nSPS) is 10.2. The van der Waals surface area contributed by atoms with E-state index in [4.69, 9.17) is 11.6 Å². The maximum atomic E-state index is 13.0. The fraction of sp³-hybridized carbons (Fsp3) is 0.364. The summed E-state index contributed by atoms with van der Waals surface area (Å²) >= 11 is 9.10. The lowest BCUT2D eigenvalue weighted by molar-refractivity contribution is -0.128. The van der Waals surface area contributed by atoms with Crippen LogP contribution >= 0.6 is 27.5 Å². The van der Waals surface area contributed by atoms with Gasteiger partial charge in [0.05, 0.1) is 10.7 Å². The van der Waals surface area contributed by atoms with Crippen molar-refractivity contribution >= 4 is 39.1 Å². The third-order valence-electron chi connectivity index (χ3n) is 2.15. The van der Waals surface area contributed by atoms with Crippen molar-refractivity contribution in [2.24, 2.45) is 0 Å². The van der Waals surface area contributed by atoms with Crippen LogP contribution in [0.15, 0.2) is 16.6 Å². The Kier molecular flexibility index (Phi) is 5.21. The Balaban J connectivity index is 2.61. The Bertz CT molecular complexity index is 403. The number of benzene rings is 1. The minimum atomic E-state index is -0.406. The molecule has 0 radical (unpaired) electrons. The summed E-state index contributed by atoms with van der Waals surface area (Å²) in [5.41, 5.74) is 0.597. The first-order valence-electron chi connectivity index (χ1n) is 5.00. The fourth-order valence-electron chi connectivity index (χ4n) is 1.23. The van der Waals surface area contributed by atoms with Crippen LogP contribution in [0.1, 0.15) is 6.42 Å². The number of hydrogen-bond donors (Lipinski definition) is 1. The molecule has 1 amide bonds. The highest BCUT2D eigenvalue weighted by molar-refractivity contribution is 9.10. The van der Waals surface area contributed by atoms with Gasteiger partial charge in [0, 0.05) is 31.5 Å². The van der Waals surface area contributed by atoms with E-state index in [1.165, 1.54) is 17.0 Å². The van der Waals surface area contributed by atoms with Crippen molar-refractivity contribution in [3.8, 4) is 0 Å². The molecular formula is C11H13BrClFN2O. The minimum Gasteiger partial charge on any atom is -0.382 e. The van der Waals surface area contributed by atoms with Gasteiger partial charge in [-0.25, -0.2) is 4.39 Å². The molecule has 17 heavy (non-hydrogen) atoms. The van der Waals surface area contributed by atoms with Gasteiger partial charge >= 0.3 is 0 Å². The number of nitrogens with zero attached hydrogens (tertiary/aromatic N) is 1. The van der Waals surface area contributed by atoms with Gasteiger partial charge < -0.3 is 10.2 Å². The SMILES string of the molecule is CN(C)C(=O)CCNc1c(Cl)cc(F)cc1Br. The molecule has 0 fully saturated rings. The Labute approximate surface area is 113 Å². The van der Waals surface area contributed by atoms with Gasteiger partial charge in [-0.15, -0.1) is 0 Å². The van der Waals surface area contributed by atoms with Crippen molar-refractivity contribution < 1.29 is 9.18 Å². The van der Waals surface area contributed by atoms with Crippen molar-refractivity contribution in [3.05, 3.63) is 27.4 Å². The van der Waals surface area contributed by atoms with Crippen LogP contribution in [0.2, 0.25) is 5.02 Å². The molecule has 0 aliphatic heterocycles. The topological polar surface area (TPSA) is 32.3 Å². The predicted octanol–water partition coefficient (Wildman–Crippen LogP) is 3.13. The van der Waals surface area contributed by atoms with Crippen LogP contribution < -0.4 is 5.32 Å². The number of carbonyl (C=O) groups is 1. The summed E-state index contributed by atoms with van der Waals surface area (Å²) in [4.78, 5) is 12.9. The van der Waals surface area contributed by atoms with Crippen LogP contribution in [0.4, 0.5) is 10.1 Å². The van der Waals surface area contributed by atoms with E-state index in [2.05, 4.69) is 21.2 Å². The molecule has 0 heterocycles. The second kappa shape index (κ2) is 6.21. The number of amides is 1. The van der Waals surface area contributed by atoms with Crippen molar-refractivity contribution in [3.63, 3.8) is 0 Å². The number of rotatable bonds is 4. The van der Waals surface area contributed by atoms with Gasteiger partial charge in [0.25, 0.3) is 0 Å². The quantitative estimate of drug-likeness (QED) is 0.923. The van der Waals surface area contributed by atoms with Gasteiger partial charge in [0.15, 0.2) is 0 Å². The van der Waals surface area contributed by atoms with Gasteiger partial charge in [-0.1, -0.05) is 11.6 Å². The molecule has 0 aliphatic rings. The van der Waals surface area contributed by atoms with Gasteiger partial charge in [0.2, 0.25) is 5.91 Å². The van der Waals surface area contributed by atoms with E-state index in [1.807, 2.05) is 0 Å². The predicted molar refractivity (Wildman–Crippen MR) is 70.9 cm³/mol. The Morgan fingerprint density at radius 3 is 2.71 bits per heavy atom. The zero-order valence-electron chi connectivity index (χ0n) is 9.56. The summed E-state index contributed by atoms with van der Waals surface area (Å²) in [6.45, 7) is 0.445. The lowest BCUT2D eigenvalue weighted by Gasteiger charge is -2.13. The summed E-state index contributed by atoms with van der Waals surface area (Å²) in [6.07, 6.45) is 0.354. The van der Waals surface area contributed by atoms with Crippen molar-refractivity contribution in [1.82, 2.24) is 4.90 Å². The highest BCUT2D eigenvalue weighted by Gasteiger charge is 2.09. The van der Waals surface area contributed by atoms with E-state index in [1.54, 1.807) is 14.1 Å². The van der Waals surface area contributed by atoms with Crippen molar-refractivity contribution in [2.75, 3.05) is 26.0 Å². The molecule has 0 atom stereocenters. The zero-order valence-corrected chi connectivity index (χ0v) is 11.9. The van der Waals surface area contributed by atoms with Crippen LogP contribution in [0, 0.1) is 5.82 Å². The van der Waals surface area contributed by atoms with Crippen LogP contribution in [-0.2, 0) is 4.79 Å². The largest absolute Gasteiger partial charge is 0.382 e. The molecule has 0 bridgehead atoms. The summed E-state index contributed by atoms with van der Waals surface area (Å²) < 4.78 is 13.5. The lowest BCUT2D eigenvalue weighted by Crippen LogP contribution is -2.24. The molecule has 0 saturated carbocycles. The third kappa shape index (κ3) is 4.16. The standard InChI is InChI=1S/C11H13BrClFN2O/c1-16(2)10(17)3-4-15-11-8(12)5-7(14)6-9(11)13/h5-6,15H,3-4H2,1-2H3. The molecule has 94 valence electrons. The minimum absolute atomic E-state index is 0.0202. The van der Waals surface area contributed by atoms with E-state index in [9.17, 15) is 9.18 Å². The van der Waals surface area contributed by atoms with Crippen LogP contribution in [0.5, 0.6) is 0 Å². The summed E-state index contributed by atoms with van der Waals surface area (Å²) in [5.74, 6) is -0.386. The first kappa shape index (κ1) is 14.3. The molecule has 1 aromatic carbocycles. The Hall–Kier alpha value is -0.810. The zero-order chi connectivity index (χ0) is 13.0. The highest BCUT2D eigenvalue weighted by atomic mass is 79.9. The average molecular weight is 324 g/mol. The second-order valence-electron chi connectivity index (χ2n) is 3.71. The summed E-state index contributed by atoms with van der Waals surface area (Å²) in [5, 5.41) is 3.29. The molecule has 0 saturated heterocycles. The molecule has 6 heteroatoms. The first-order chi connectivity index (χ1) is 7.91. The van der Waals surface area contributed by atoms with Crippen LogP contribution in [-0.4, -0.2) is 31.4 Å². The molecular weight excluding hydrogens is 310 g/mol. The molecule has 0 unspecified atom stereocenters. The molecule has 0 aromatic heterocycles. The van der Waals surface area contributed by atoms with E-state index in [-0.39, 0.29) is 10.9 Å².